The van der Waals surface area contributed by atoms with Crippen LogP contribution in [0, 0.1) is 22.9 Å². The van der Waals surface area contributed by atoms with E-state index in [9.17, 15) is 63.7 Å². The molecule has 0 saturated heterocycles. The fraction of sp³-hybridized carbons (Fsp3) is 0.0870. The molecule has 0 bridgehead atoms. The van der Waals surface area contributed by atoms with Crippen molar-refractivity contribution < 1.29 is 248 Å². The first kappa shape index (κ1) is 91.1. The van der Waals surface area contributed by atoms with Crippen LogP contribution in [0.25, 0.3) is 10.8 Å². The molecule has 0 aliphatic rings. The van der Waals surface area contributed by atoms with Crippen LogP contribution >= 0.6 is 48.3 Å². The van der Waals surface area contributed by atoms with E-state index in [0.717, 1.165) is 24.3 Å². The summed E-state index contributed by atoms with van der Waals surface area (Å²) in [4.78, 5) is 22.4. The van der Waals surface area contributed by atoms with Crippen molar-refractivity contribution in [3.63, 3.8) is 0 Å². The van der Waals surface area contributed by atoms with E-state index in [1.54, 1.807) is 30.6 Å². The van der Waals surface area contributed by atoms with Gasteiger partial charge in [0, 0.05) is 16.8 Å². The molecule has 0 spiro atoms. The van der Waals surface area contributed by atoms with Gasteiger partial charge in [-0.2, -0.15) is 55.0 Å². The third-order valence-corrected chi connectivity index (χ3v) is 17.7. The van der Waals surface area contributed by atoms with Gasteiger partial charge in [-0.15, -0.1) is 18.9 Å². The van der Waals surface area contributed by atoms with Gasteiger partial charge in [0.2, 0.25) is 35.0 Å². The minimum absolute atomic E-state index is 0. The Labute approximate surface area is 688 Å². The van der Waals surface area contributed by atoms with Gasteiger partial charge in [0.05, 0.1) is 84.0 Å². The molecule has 0 atom stereocenters. The summed E-state index contributed by atoms with van der Waals surface area (Å²) in [6.07, 6.45) is 3.29. The molecule has 8 aromatic rings. The van der Waals surface area contributed by atoms with Crippen molar-refractivity contribution in [1.82, 2.24) is 29.9 Å². The Morgan fingerprint density at radius 1 is 0.556 bits per heavy atom. The number of phenols is 1. The van der Waals surface area contributed by atoms with E-state index in [2.05, 4.69) is 105 Å². The number of fused-ring (bicyclic) bond motifs is 1. The number of rotatable bonds is 31. The molecular formula is C46H34ClN18Na5O22S7. The molecule has 8 N–H and O–H groups in total. The van der Waals surface area contributed by atoms with Gasteiger partial charge in [-0.3, -0.25) is 34.1 Å². The van der Waals surface area contributed by atoms with Gasteiger partial charge in [0.25, 0.3) is 0 Å². The first-order valence-corrected chi connectivity index (χ1v) is 33.1. The van der Waals surface area contributed by atoms with Gasteiger partial charge in [-0.05, 0) is 120 Å². The van der Waals surface area contributed by atoms with Gasteiger partial charge in [-0.1, -0.05) is 6.07 Å². The standard InChI is InChI=1S/C24H22N10O12S4.C22H17ClN8O10S3.5Na/c25-13-27-22-30-23(28-15-2-1-3-17(10-15)49(38,39)40)32-24(31-22)29-19-11-18(26)21(50(41,42)43)12-20(19)34-33-14-4-6-16(7-5-14)48(36,37)9-8-44-47-46-45-35;23-20-27-21(25-11-24)29-22(28-20)26-14-3-6-16-12(9-14)10-17(42-40-38-33)18(19(16)32)31-30-13-1-4-15(5-2-13)44(35,36)8-7-37-43-41-39-34;;;;;/h1-7,10-12,35H,8-9,26H2,(H,38,39,40)(H,41,42,43)(H3,27,28,29,30,31,32);1-6,9-10,32-34H,7-8H2,(H2,25,26,27,28,29);;;;;/q;;5*+1/p-5. The molecule has 0 aliphatic heterocycles. The molecule has 6 aromatic carbocycles. The topological polar surface area (TPSA) is 606 Å². The molecular weight excluding hydrogens is 1530 g/mol. The predicted molar refractivity (Wildman–Crippen MR) is 317 cm³/mol. The second-order valence-corrected chi connectivity index (χ2v) is 26.1. The average Bonchev–Trinajstić information content (AvgIpc) is 0.787. The molecule has 2 aromatic heterocycles. The SMILES string of the molecule is N#CNc1nc(Cl)nc(Nc2ccc3c(O)c(N=Nc4ccc(S(=O)(=O)CCOSOO[O-])cc4)c(SOO[O-])cc3c2)n1.N#CNc1nc(Nc2cccc(S(=O)(=O)[O-])c2)nc(Nc2cc(N)c(S(=O)(=O)[O-])cc2N=Nc2ccc(S(=O)(=O)CCOSOO[O-])cc2)n1.[Na+].[Na+].[Na+].[Na+].[Na+]. The average molecular weight is 1570 g/mol. The van der Waals surface area contributed by atoms with Crippen molar-refractivity contribution in [2.75, 3.05) is 57.0 Å². The van der Waals surface area contributed by atoms with Crippen molar-refractivity contribution in [2.45, 2.75) is 24.5 Å². The third-order valence-electron chi connectivity index (χ3n) is 11.1. The van der Waals surface area contributed by atoms with E-state index in [0.29, 0.717) is 28.5 Å². The number of aromatic nitrogens is 6. The van der Waals surface area contributed by atoms with Crippen LogP contribution in [0.5, 0.6) is 5.75 Å². The zero-order valence-electron chi connectivity index (χ0n) is 50.9. The largest absolute Gasteiger partial charge is 1.00 e. The van der Waals surface area contributed by atoms with Crippen LogP contribution < -0.4 is 196 Å². The number of nitrogens with zero attached hydrogens (tertiary/aromatic N) is 12. The molecule has 0 saturated carbocycles. The number of aromatic hydroxyl groups is 1. The molecule has 0 unspecified atom stereocenters. The number of hydrogen-bond donors (Lipinski definition) is 7. The van der Waals surface area contributed by atoms with Gasteiger partial charge in [0.15, 0.2) is 62.5 Å². The predicted octanol–water partition coefficient (Wildman–Crippen LogP) is -10.1. The molecule has 2 heterocycles. The van der Waals surface area contributed by atoms with Crippen molar-refractivity contribution in [3.05, 3.63) is 114 Å². The number of nitriles is 2. The smallest absolute Gasteiger partial charge is 0.744 e. The maximum absolute atomic E-state index is 12.5. The molecule has 40 nitrogen and oxygen atoms in total. The minimum Gasteiger partial charge on any atom is -0.744 e. The van der Waals surface area contributed by atoms with Gasteiger partial charge in [-0.25, -0.2) is 33.7 Å². The van der Waals surface area contributed by atoms with Crippen molar-refractivity contribution >= 4 is 174 Å². The first-order valence-electron chi connectivity index (χ1n) is 24.5. The number of sulfone groups is 2. The van der Waals surface area contributed by atoms with E-state index < -0.39 is 66.9 Å². The fourth-order valence-corrected chi connectivity index (χ4v) is 11.7. The maximum Gasteiger partial charge on any atom is 1.00 e. The van der Waals surface area contributed by atoms with E-state index in [1.807, 2.05) is 0 Å². The first-order chi connectivity index (χ1) is 44.8. The number of nitrogens with two attached hydrogens (primary N) is 1. The molecule has 0 fully saturated rings. The summed E-state index contributed by atoms with van der Waals surface area (Å²) >= 11 is 6.70. The quantitative estimate of drug-likeness (QED) is 0.00203. The number of anilines is 9. The molecule has 0 amide bonds. The van der Waals surface area contributed by atoms with Crippen LogP contribution in [0.1, 0.15) is 0 Å². The molecule has 53 heteroatoms. The van der Waals surface area contributed by atoms with Crippen LogP contribution in [-0.4, -0.2) is 103 Å². The second-order valence-electron chi connectivity index (χ2n) is 17.1. The zero-order chi connectivity index (χ0) is 68.1. The van der Waals surface area contributed by atoms with E-state index in [1.165, 1.54) is 66.7 Å². The van der Waals surface area contributed by atoms with Crippen LogP contribution in [0.15, 0.2) is 154 Å². The Hall–Kier alpha value is -4.00. The summed E-state index contributed by atoms with van der Waals surface area (Å²) in [5, 5.41) is 97.9. The number of azo groups is 2. The minimum atomic E-state index is -5.11. The molecule has 8 rings (SSSR count). The summed E-state index contributed by atoms with van der Waals surface area (Å²) < 4.78 is 142. The number of nitrogens with one attached hydrogen (secondary N) is 5. The van der Waals surface area contributed by atoms with Crippen LogP contribution in [0.4, 0.5) is 75.2 Å². The van der Waals surface area contributed by atoms with Crippen LogP contribution in [-0.2, 0) is 76.4 Å². The number of halogens is 1. The molecule has 99 heavy (non-hydrogen) atoms. The summed E-state index contributed by atoms with van der Waals surface area (Å²) in [6, 6.07) is 23.2. The summed E-state index contributed by atoms with van der Waals surface area (Å²) in [5.74, 6) is -2.15. The Bertz CT molecular complexity index is 4680. The Morgan fingerprint density at radius 2 is 1.04 bits per heavy atom. The number of nitrogen functional groups attached to an aromatic ring is 1. The third kappa shape index (κ3) is 28.5. The van der Waals surface area contributed by atoms with Gasteiger partial charge in [0.1, 0.15) is 31.6 Å². The summed E-state index contributed by atoms with van der Waals surface area (Å²) in [7, 11) is -17.5. The van der Waals surface area contributed by atoms with Crippen LogP contribution in [0.3, 0.4) is 0 Å². The summed E-state index contributed by atoms with van der Waals surface area (Å²) in [6.45, 7) is -0.625. The maximum atomic E-state index is 12.5. The van der Waals surface area contributed by atoms with Crippen molar-refractivity contribution in [3.8, 4) is 18.1 Å². The zero-order valence-corrected chi connectivity index (χ0v) is 67.4. The van der Waals surface area contributed by atoms with E-state index >= 15 is 0 Å². The summed E-state index contributed by atoms with van der Waals surface area (Å²) in [5.41, 5.74) is 5.70. The second kappa shape index (κ2) is 44.0. The Balaban J connectivity index is 0.000000645. The fourth-order valence-electron chi connectivity index (χ4n) is 7.15. The van der Waals surface area contributed by atoms with Crippen molar-refractivity contribution in [2.24, 2.45) is 20.5 Å². The molecule has 0 radical (unpaired) electrons. The Morgan fingerprint density at radius 3 is 1.56 bits per heavy atom. The van der Waals surface area contributed by atoms with E-state index in [-0.39, 0.29) is 275 Å². The van der Waals surface area contributed by atoms with Crippen LogP contribution in [0.2, 0.25) is 5.28 Å². The normalized spacial score (nSPS) is 11.2. The monoisotopic (exact) mass is 1560 g/mol. The number of phenolic OH excluding ortho intramolecular Hbond substituents is 1. The van der Waals surface area contributed by atoms with Gasteiger partial charge < -0.3 is 51.7 Å². The van der Waals surface area contributed by atoms with Crippen molar-refractivity contribution in [1.29, 1.82) is 10.5 Å². The van der Waals surface area contributed by atoms with Gasteiger partial charge >= 0.3 is 148 Å². The number of benzene rings is 6. The van der Waals surface area contributed by atoms with E-state index in [4.69, 9.17) is 36.2 Å². The molecule has 494 valence electrons. The number of hydrogen-bond acceptors (Lipinski definition) is 43. The Kier molecular flexibility index (Phi) is 40.4. The molecule has 0 aliphatic carbocycles.